The number of aryl methyl sites for hydroxylation is 1. The summed E-state index contributed by atoms with van der Waals surface area (Å²) < 4.78 is 20.4. The highest BCUT2D eigenvalue weighted by atomic mass is 19.1. The van der Waals surface area contributed by atoms with E-state index in [-0.39, 0.29) is 24.2 Å². The number of aromatic nitrogens is 4. The van der Waals surface area contributed by atoms with E-state index in [0.717, 1.165) is 5.56 Å². The van der Waals surface area contributed by atoms with Crippen LogP contribution in [0.3, 0.4) is 0 Å². The van der Waals surface area contributed by atoms with Crippen molar-refractivity contribution in [2.45, 2.75) is 32.4 Å². The van der Waals surface area contributed by atoms with Gasteiger partial charge < -0.3 is 10.1 Å². The van der Waals surface area contributed by atoms with Crippen molar-refractivity contribution in [2.24, 2.45) is 0 Å². The van der Waals surface area contributed by atoms with E-state index in [0.29, 0.717) is 17.1 Å². The first-order chi connectivity index (χ1) is 13.5. The highest BCUT2D eigenvalue weighted by Gasteiger charge is 2.24. The zero-order chi connectivity index (χ0) is 20.1. The minimum Gasteiger partial charge on any atom is -0.377 e. The largest absolute Gasteiger partial charge is 0.377 e. The van der Waals surface area contributed by atoms with Gasteiger partial charge >= 0.3 is 0 Å². The molecule has 2 aromatic carbocycles. The van der Waals surface area contributed by atoms with Gasteiger partial charge in [-0.1, -0.05) is 24.3 Å². The van der Waals surface area contributed by atoms with Gasteiger partial charge in [0.25, 0.3) is 0 Å². The summed E-state index contributed by atoms with van der Waals surface area (Å²) in [5.74, 6) is -0.147. The number of benzene rings is 2. The molecule has 3 rings (SSSR count). The van der Waals surface area contributed by atoms with Crippen LogP contribution < -0.4 is 5.32 Å². The van der Waals surface area contributed by atoms with Gasteiger partial charge in [-0.25, -0.2) is 9.07 Å². The number of hydrogen-bond donors (Lipinski definition) is 1. The van der Waals surface area contributed by atoms with E-state index in [1.54, 1.807) is 32.2 Å². The highest BCUT2D eigenvalue weighted by Crippen LogP contribution is 2.22. The molecule has 1 heterocycles. The molecule has 0 aliphatic heterocycles. The summed E-state index contributed by atoms with van der Waals surface area (Å²) in [6.45, 7) is 3.64. The summed E-state index contributed by atoms with van der Waals surface area (Å²) in [6.07, 6.45) is 0.158. The fourth-order valence-corrected chi connectivity index (χ4v) is 2.93. The molecule has 2 atom stereocenters. The number of amides is 1. The van der Waals surface area contributed by atoms with Crippen LogP contribution in [0.25, 0.3) is 0 Å². The van der Waals surface area contributed by atoms with Gasteiger partial charge in [0.15, 0.2) is 0 Å². The van der Waals surface area contributed by atoms with Gasteiger partial charge in [0.05, 0.1) is 6.10 Å². The Kier molecular flexibility index (Phi) is 6.10. The lowest BCUT2D eigenvalue weighted by molar-refractivity contribution is -0.119. The molecule has 3 aromatic rings. The number of ether oxygens (including phenoxy) is 1. The molecule has 146 valence electrons. The first kappa shape index (κ1) is 19.6. The molecular weight excluding hydrogens is 361 g/mol. The van der Waals surface area contributed by atoms with Crippen LogP contribution in [0.5, 0.6) is 0 Å². The molecule has 0 radical (unpaired) electrons. The molecule has 1 N–H and O–H groups in total. The third-order valence-electron chi connectivity index (χ3n) is 4.55. The monoisotopic (exact) mass is 383 g/mol. The summed E-state index contributed by atoms with van der Waals surface area (Å²) in [5.41, 5.74) is 2.26. The van der Waals surface area contributed by atoms with Crippen molar-refractivity contribution in [3.8, 4) is 0 Å². The SMILES string of the molecule is COC(C)c1cccc(NC(=O)C(Cc2cccc(F)c2)n2nnnc2C)c1. The summed E-state index contributed by atoms with van der Waals surface area (Å²) in [5, 5.41) is 14.3. The topological polar surface area (TPSA) is 81.9 Å². The summed E-state index contributed by atoms with van der Waals surface area (Å²) >= 11 is 0. The Labute approximate surface area is 162 Å². The number of carbonyl (C=O) groups is 1. The van der Waals surface area contributed by atoms with E-state index in [9.17, 15) is 9.18 Å². The fourth-order valence-electron chi connectivity index (χ4n) is 2.93. The zero-order valence-electron chi connectivity index (χ0n) is 16.0. The Morgan fingerprint density at radius 2 is 2.04 bits per heavy atom. The molecule has 8 heteroatoms. The van der Waals surface area contributed by atoms with Crippen LogP contribution in [0.4, 0.5) is 10.1 Å². The van der Waals surface area contributed by atoms with Gasteiger partial charge in [0, 0.05) is 19.2 Å². The maximum absolute atomic E-state index is 13.6. The second-order valence-electron chi connectivity index (χ2n) is 6.51. The third-order valence-corrected chi connectivity index (χ3v) is 4.55. The molecule has 0 bridgehead atoms. The van der Waals surface area contributed by atoms with Gasteiger partial charge in [-0.15, -0.1) is 5.10 Å². The normalized spacial score (nSPS) is 13.1. The number of hydrogen-bond acceptors (Lipinski definition) is 5. The Hall–Kier alpha value is -3.13. The average Bonchev–Trinajstić information content (AvgIpc) is 3.11. The molecule has 2 unspecified atom stereocenters. The van der Waals surface area contributed by atoms with Crippen LogP contribution in [0.15, 0.2) is 48.5 Å². The number of rotatable bonds is 7. The van der Waals surface area contributed by atoms with Crippen molar-refractivity contribution < 1.29 is 13.9 Å². The molecule has 28 heavy (non-hydrogen) atoms. The highest BCUT2D eigenvalue weighted by molar-refractivity contribution is 5.94. The summed E-state index contributed by atoms with van der Waals surface area (Å²) in [6, 6.07) is 12.9. The molecule has 0 saturated heterocycles. The molecule has 7 nitrogen and oxygen atoms in total. The molecule has 1 aromatic heterocycles. The van der Waals surface area contributed by atoms with E-state index in [2.05, 4.69) is 20.8 Å². The Bertz CT molecular complexity index is 959. The first-order valence-corrected chi connectivity index (χ1v) is 8.90. The second kappa shape index (κ2) is 8.71. The van der Waals surface area contributed by atoms with Crippen LogP contribution in [-0.2, 0) is 16.0 Å². The molecule has 0 aliphatic carbocycles. The van der Waals surface area contributed by atoms with Crippen LogP contribution in [0.1, 0.15) is 36.0 Å². The molecule has 0 saturated carbocycles. The maximum Gasteiger partial charge on any atom is 0.249 e. The van der Waals surface area contributed by atoms with E-state index in [4.69, 9.17) is 4.74 Å². The van der Waals surface area contributed by atoms with Gasteiger partial charge in [-0.3, -0.25) is 4.79 Å². The number of tetrazole rings is 1. The zero-order valence-corrected chi connectivity index (χ0v) is 16.0. The molecule has 0 fully saturated rings. The van der Waals surface area contributed by atoms with Crippen LogP contribution in [-0.4, -0.2) is 33.2 Å². The van der Waals surface area contributed by atoms with E-state index in [1.165, 1.54) is 16.8 Å². The Balaban J connectivity index is 1.86. The minimum atomic E-state index is -0.722. The number of halogens is 1. The maximum atomic E-state index is 13.6. The summed E-state index contributed by atoms with van der Waals surface area (Å²) in [7, 11) is 1.63. The van der Waals surface area contributed by atoms with Crippen molar-refractivity contribution in [3.63, 3.8) is 0 Å². The van der Waals surface area contributed by atoms with E-state index < -0.39 is 6.04 Å². The van der Waals surface area contributed by atoms with Crippen LogP contribution >= 0.6 is 0 Å². The van der Waals surface area contributed by atoms with Crippen molar-refractivity contribution >= 4 is 11.6 Å². The third kappa shape index (κ3) is 4.58. The standard InChI is InChI=1S/C20H22FN5O2/c1-13(28-3)16-7-5-9-18(12-16)22-20(27)19(26-14(2)23-24-25-26)11-15-6-4-8-17(21)10-15/h4-10,12-13,19H,11H2,1-3H3,(H,22,27). The summed E-state index contributed by atoms with van der Waals surface area (Å²) in [4.78, 5) is 13.1. The van der Waals surface area contributed by atoms with E-state index in [1.807, 2.05) is 25.1 Å². The quantitative estimate of drug-likeness (QED) is 0.677. The molecule has 0 spiro atoms. The van der Waals surface area contributed by atoms with Gasteiger partial charge in [0.2, 0.25) is 5.91 Å². The van der Waals surface area contributed by atoms with Gasteiger partial charge in [0.1, 0.15) is 17.7 Å². The fraction of sp³-hybridized carbons (Fsp3) is 0.300. The lowest BCUT2D eigenvalue weighted by atomic mass is 10.0. The van der Waals surface area contributed by atoms with E-state index >= 15 is 0 Å². The predicted molar refractivity (Wildman–Crippen MR) is 102 cm³/mol. The number of anilines is 1. The van der Waals surface area contributed by atoms with Crippen LogP contribution in [0, 0.1) is 12.7 Å². The van der Waals surface area contributed by atoms with Crippen molar-refractivity contribution in [2.75, 3.05) is 12.4 Å². The lowest BCUT2D eigenvalue weighted by Crippen LogP contribution is -2.29. The first-order valence-electron chi connectivity index (χ1n) is 8.90. The van der Waals surface area contributed by atoms with Gasteiger partial charge in [-0.2, -0.15) is 0 Å². The minimum absolute atomic E-state index is 0.0956. The lowest BCUT2D eigenvalue weighted by Gasteiger charge is -2.18. The Morgan fingerprint density at radius 3 is 2.71 bits per heavy atom. The van der Waals surface area contributed by atoms with Crippen molar-refractivity contribution in [3.05, 3.63) is 71.3 Å². The number of nitrogens with one attached hydrogen (secondary N) is 1. The average molecular weight is 383 g/mol. The van der Waals surface area contributed by atoms with Crippen LogP contribution in [0.2, 0.25) is 0 Å². The van der Waals surface area contributed by atoms with Crippen molar-refractivity contribution in [1.29, 1.82) is 0 Å². The molecular formula is C20H22FN5O2. The smallest absolute Gasteiger partial charge is 0.249 e. The van der Waals surface area contributed by atoms with Gasteiger partial charge in [-0.05, 0) is 59.7 Å². The molecule has 0 aliphatic rings. The Morgan fingerprint density at radius 1 is 1.25 bits per heavy atom. The number of carbonyl (C=O) groups excluding carboxylic acids is 1. The second-order valence-corrected chi connectivity index (χ2v) is 6.51. The predicted octanol–water partition coefficient (Wildman–Crippen LogP) is 3.25. The number of methoxy groups -OCH3 is 1. The molecule has 1 amide bonds. The van der Waals surface area contributed by atoms with Crippen molar-refractivity contribution in [1.82, 2.24) is 20.2 Å². The number of nitrogens with zero attached hydrogens (tertiary/aromatic N) is 4.